The first-order chi connectivity index (χ1) is 8.10. The minimum absolute atomic E-state index is 0.123. The van der Waals surface area contributed by atoms with Crippen LogP contribution in [0.3, 0.4) is 0 Å². The van der Waals surface area contributed by atoms with Gasteiger partial charge >= 0.3 is 0 Å². The molecule has 0 aliphatic carbocycles. The average molecular weight is 271 g/mol. The Balaban J connectivity index is 2.48. The highest BCUT2D eigenvalue weighted by atomic mass is 35.5. The zero-order valence-electron chi connectivity index (χ0n) is 8.58. The molecule has 3 N–H and O–H groups in total. The lowest BCUT2D eigenvalue weighted by Gasteiger charge is -2.06. The molecule has 0 unspecified atom stereocenters. The Morgan fingerprint density at radius 2 is 2.12 bits per heavy atom. The number of carbonyl (C=O) groups is 1. The number of carbonyl (C=O) groups excluding carboxylic acids is 1. The number of nitrogens with one attached hydrogen (secondary N) is 1. The summed E-state index contributed by atoms with van der Waals surface area (Å²) < 4.78 is 0. The Kier molecular flexibility index (Phi) is 3.31. The number of anilines is 2. The molecule has 0 bridgehead atoms. The summed E-state index contributed by atoms with van der Waals surface area (Å²) >= 11 is 11.2. The van der Waals surface area contributed by atoms with Crippen LogP contribution in [0, 0.1) is 0 Å². The van der Waals surface area contributed by atoms with Gasteiger partial charge in [-0.15, -0.1) is 11.6 Å². The molecule has 17 heavy (non-hydrogen) atoms. The van der Waals surface area contributed by atoms with Crippen LogP contribution in [-0.4, -0.2) is 21.8 Å². The van der Waals surface area contributed by atoms with Crippen molar-refractivity contribution in [3.05, 3.63) is 23.2 Å². The van der Waals surface area contributed by atoms with Gasteiger partial charge in [-0.1, -0.05) is 11.6 Å². The topological polar surface area (TPSA) is 80.9 Å². The van der Waals surface area contributed by atoms with E-state index in [0.29, 0.717) is 16.1 Å². The van der Waals surface area contributed by atoms with Crippen LogP contribution >= 0.6 is 23.2 Å². The summed E-state index contributed by atoms with van der Waals surface area (Å²) in [6.07, 6.45) is 0. The molecule has 0 saturated carbocycles. The molecular weight excluding hydrogens is 263 g/mol. The van der Waals surface area contributed by atoms with E-state index in [9.17, 15) is 4.79 Å². The second-order valence-electron chi connectivity index (χ2n) is 3.27. The number of hydrogen-bond donors (Lipinski definition) is 2. The third-order valence-corrected chi connectivity index (χ3v) is 2.51. The van der Waals surface area contributed by atoms with Gasteiger partial charge in [0.15, 0.2) is 11.6 Å². The van der Waals surface area contributed by atoms with Crippen LogP contribution < -0.4 is 11.1 Å². The summed E-state index contributed by atoms with van der Waals surface area (Å²) in [5.74, 6) is -0.232. The molecule has 2 rings (SSSR count). The standard InChI is InChI=1S/C10H8Cl2N4O/c11-4-8(17)16-10-9(13)14-7-3-5(12)1-2-6(7)15-10/h1-3H,4H2,(H2,13,14)(H,15,16,17). The number of nitrogens with zero attached hydrogens (tertiary/aromatic N) is 2. The molecule has 1 aromatic heterocycles. The summed E-state index contributed by atoms with van der Waals surface area (Å²) in [6.45, 7) is 0. The van der Waals surface area contributed by atoms with Gasteiger partial charge in [0.2, 0.25) is 5.91 Å². The van der Waals surface area contributed by atoms with Crippen molar-refractivity contribution in [1.82, 2.24) is 9.97 Å². The summed E-state index contributed by atoms with van der Waals surface area (Å²) in [6, 6.07) is 5.02. The van der Waals surface area contributed by atoms with E-state index >= 15 is 0 Å². The molecule has 88 valence electrons. The third-order valence-electron chi connectivity index (χ3n) is 2.03. The van der Waals surface area contributed by atoms with Crippen molar-refractivity contribution in [2.24, 2.45) is 0 Å². The minimum atomic E-state index is -0.388. The normalized spacial score (nSPS) is 10.5. The summed E-state index contributed by atoms with van der Waals surface area (Å²) in [7, 11) is 0. The molecule has 2 aromatic rings. The van der Waals surface area contributed by atoms with Crippen LogP contribution in [0.2, 0.25) is 5.02 Å². The fraction of sp³-hybridized carbons (Fsp3) is 0.100. The van der Waals surface area contributed by atoms with Gasteiger partial charge in [0.05, 0.1) is 11.0 Å². The van der Waals surface area contributed by atoms with Crippen LogP contribution in [0.5, 0.6) is 0 Å². The number of fused-ring (bicyclic) bond motifs is 1. The Hall–Kier alpha value is -1.59. The smallest absolute Gasteiger partial charge is 0.240 e. The molecule has 0 spiro atoms. The second kappa shape index (κ2) is 4.73. The highest BCUT2D eigenvalue weighted by molar-refractivity contribution is 6.31. The first-order valence-corrected chi connectivity index (χ1v) is 5.60. The fourth-order valence-corrected chi connectivity index (χ4v) is 1.53. The maximum Gasteiger partial charge on any atom is 0.240 e. The van der Waals surface area contributed by atoms with E-state index in [2.05, 4.69) is 15.3 Å². The number of amides is 1. The van der Waals surface area contributed by atoms with Crippen molar-refractivity contribution in [2.75, 3.05) is 16.9 Å². The Bertz CT molecular complexity index is 588. The number of nitrogen functional groups attached to an aromatic ring is 1. The van der Waals surface area contributed by atoms with Gasteiger partial charge in [-0.05, 0) is 18.2 Å². The number of halogens is 2. The fourth-order valence-electron chi connectivity index (χ4n) is 1.30. The third kappa shape index (κ3) is 2.57. The summed E-state index contributed by atoms with van der Waals surface area (Å²) in [4.78, 5) is 19.4. The van der Waals surface area contributed by atoms with Gasteiger partial charge in [-0.25, -0.2) is 9.97 Å². The molecule has 0 aliphatic rings. The van der Waals surface area contributed by atoms with Gasteiger partial charge in [0.1, 0.15) is 5.88 Å². The van der Waals surface area contributed by atoms with Crippen molar-refractivity contribution in [3.63, 3.8) is 0 Å². The van der Waals surface area contributed by atoms with Crippen molar-refractivity contribution in [3.8, 4) is 0 Å². The first-order valence-electron chi connectivity index (χ1n) is 4.69. The van der Waals surface area contributed by atoms with Gasteiger partial charge in [-0.2, -0.15) is 0 Å². The predicted octanol–water partition coefficient (Wildman–Crippen LogP) is 2.04. The molecule has 1 aromatic carbocycles. The van der Waals surface area contributed by atoms with E-state index in [1.165, 1.54) is 0 Å². The summed E-state index contributed by atoms with van der Waals surface area (Å²) in [5, 5.41) is 3.01. The minimum Gasteiger partial charge on any atom is -0.381 e. The number of nitrogens with two attached hydrogens (primary N) is 1. The van der Waals surface area contributed by atoms with E-state index in [1.54, 1.807) is 18.2 Å². The zero-order valence-corrected chi connectivity index (χ0v) is 10.1. The van der Waals surface area contributed by atoms with E-state index in [4.69, 9.17) is 28.9 Å². The Labute approximate surface area is 107 Å². The molecule has 0 saturated heterocycles. The lowest BCUT2D eigenvalue weighted by molar-refractivity contribution is -0.113. The monoisotopic (exact) mass is 270 g/mol. The Morgan fingerprint density at radius 3 is 2.82 bits per heavy atom. The molecule has 1 heterocycles. The van der Waals surface area contributed by atoms with Crippen molar-refractivity contribution in [1.29, 1.82) is 0 Å². The van der Waals surface area contributed by atoms with Gasteiger partial charge < -0.3 is 11.1 Å². The number of benzene rings is 1. The van der Waals surface area contributed by atoms with Crippen molar-refractivity contribution < 1.29 is 4.79 Å². The van der Waals surface area contributed by atoms with Crippen LogP contribution in [0.15, 0.2) is 18.2 Å². The largest absolute Gasteiger partial charge is 0.381 e. The highest BCUT2D eigenvalue weighted by Gasteiger charge is 2.09. The van der Waals surface area contributed by atoms with E-state index in [0.717, 1.165) is 0 Å². The van der Waals surface area contributed by atoms with E-state index in [-0.39, 0.29) is 23.4 Å². The van der Waals surface area contributed by atoms with Crippen LogP contribution in [0.25, 0.3) is 11.0 Å². The molecule has 0 fully saturated rings. The lowest BCUT2D eigenvalue weighted by Crippen LogP contribution is -2.15. The van der Waals surface area contributed by atoms with Crippen LogP contribution in [-0.2, 0) is 4.79 Å². The zero-order chi connectivity index (χ0) is 12.4. The maximum atomic E-state index is 11.1. The average Bonchev–Trinajstić information content (AvgIpc) is 2.30. The first kappa shape index (κ1) is 11.9. The number of alkyl halides is 1. The molecule has 7 heteroatoms. The molecule has 5 nitrogen and oxygen atoms in total. The maximum absolute atomic E-state index is 11.1. The SMILES string of the molecule is Nc1nc2cc(Cl)ccc2nc1NC(=O)CCl. The summed E-state index contributed by atoms with van der Waals surface area (Å²) in [5.41, 5.74) is 6.82. The van der Waals surface area contributed by atoms with Gasteiger partial charge in [0.25, 0.3) is 0 Å². The van der Waals surface area contributed by atoms with Crippen molar-refractivity contribution in [2.45, 2.75) is 0 Å². The number of rotatable bonds is 2. The lowest BCUT2D eigenvalue weighted by atomic mass is 10.3. The van der Waals surface area contributed by atoms with Gasteiger partial charge in [0, 0.05) is 5.02 Å². The molecule has 1 amide bonds. The van der Waals surface area contributed by atoms with Crippen LogP contribution in [0.4, 0.5) is 11.6 Å². The molecule has 0 atom stereocenters. The number of hydrogen-bond acceptors (Lipinski definition) is 4. The molecule has 0 radical (unpaired) electrons. The molecule has 0 aliphatic heterocycles. The van der Waals surface area contributed by atoms with Crippen LogP contribution in [0.1, 0.15) is 0 Å². The quantitative estimate of drug-likeness (QED) is 0.819. The molecular formula is C10H8Cl2N4O. The highest BCUT2D eigenvalue weighted by Crippen LogP contribution is 2.21. The number of aromatic nitrogens is 2. The van der Waals surface area contributed by atoms with E-state index < -0.39 is 0 Å². The van der Waals surface area contributed by atoms with Gasteiger partial charge in [-0.3, -0.25) is 4.79 Å². The predicted molar refractivity (Wildman–Crippen MR) is 68.3 cm³/mol. The Morgan fingerprint density at radius 1 is 1.35 bits per heavy atom. The second-order valence-corrected chi connectivity index (χ2v) is 3.98. The van der Waals surface area contributed by atoms with Crippen molar-refractivity contribution >= 4 is 51.8 Å². The van der Waals surface area contributed by atoms with E-state index in [1.807, 2.05) is 0 Å².